The lowest BCUT2D eigenvalue weighted by atomic mass is 10.1. The number of nitrogens with one attached hydrogen (secondary N) is 1. The molecule has 2 heterocycles. The predicted octanol–water partition coefficient (Wildman–Crippen LogP) is 2.67. The first kappa shape index (κ1) is 13.1. The van der Waals surface area contributed by atoms with Gasteiger partial charge in [-0.05, 0) is 11.6 Å². The SMILES string of the molecule is O=C(NCc1cccnc1)c1ocnc1-c1ccccc1. The average Bonchev–Trinajstić information content (AvgIpc) is 3.04. The van der Waals surface area contributed by atoms with Crippen LogP contribution >= 0.6 is 0 Å². The van der Waals surface area contributed by atoms with Crippen molar-refractivity contribution < 1.29 is 9.21 Å². The van der Waals surface area contributed by atoms with E-state index in [4.69, 9.17) is 4.42 Å². The van der Waals surface area contributed by atoms with Crippen molar-refractivity contribution in [3.63, 3.8) is 0 Å². The lowest BCUT2D eigenvalue weighted by Crippen LogP contribution is -2.23. The molecule has 0 bridgehead atoms. The van der Waals surface area contributed by atoms with Gasteiger partial charge in [-0.1, -0.05) is 36.4 Å². The quantitative estimate of drug-likeness (QED) is 0.797. The zero-order valence-electron chi connectivity index (χ0n) is 11.2. The summed E-state index contributed by atoms with van der Waals surface area (Å²) in [6.45, 7) is 0.390. The molecule has 0 saturated heterocycles. The largest absolute Gasteiger partial charge is 0.438 e. The smallest absolute Gasteiger partial charge is 0.289 e. The molecule has 3 aromatic rings. The van der Waals surface area contributed by atoms with Gasteiger partial charge >= 0.3 is 0 Å². The summed E-state index contributed by atoms with van der Waals surface area (Å²) in [6.07, 6.45) is 4.68. The molecule has 0 aliphatic carbocycles. The van der Waals surface area contributed by atoms with Crippen molar-refractivity contribution in [3.05, 3.63) is 72.6 Å². The molecule has 0 fully saturated rings. The summed E-state index contributed by atoms with van der Waals surface area (Å²) in [7, 11) is 0. The van der Waals surface area contributed by atoms with Gasteiger partial charge in [-0.25, -0.2) is 4.98 Å². The minimum Gasteiger partial charge on any atom is -0.438 e. The maximum absolute atomic E-state index is 12.2. The first-order valence-corrected chi connectivity index (χ1v) is 6.50. The summed E-state index contributed by atoms with van der Waals surface area (Å²) in [4.78, 5) is 20.3. The van der Waals surface area contributed by atoms with E-state index in [1.807, 2.05) is 42.5 Å². The monoisotopic (exact) mass is 279 g/mol. The number of pyridine rings is 1. The molecule has 3 rings (SSSR count). The number of carbonyl (C=O) groups is 1. The van der Waals surface area contributed by atoms with Crippen LogP contribution in [0.4, 0.5) is 0 Å². The fraction of sp³-hybridized carbons (Fsp3) is 0.0625. The number of benzene rings is 1. The third-order valence-electron chi connectivity index (χ3n) is 3.00. The topological polar surface area (TPSA) is 68.0 Å². The molecular weight excluding hydrogens is 266 g/mol. The second-order valence-electron chi connectivity index (χ2n) is 4.44. The fourth-order valence-electron chi connectivity index (χ4n) is 1.97. The van der Waals surface area contributed by atoms with E-state index in [1.165, 1.54) is 6.39 Å². The maximum atomic E-state index is 12.2. The highest BCUT2D eigenvalue weighted by Crippen LogP contribution is 2.21. The molecule has 5 nitrogen and oxygen atoms in total. The number of nitrogens with zero attached hydrogens (tertiary/aromatic N) is 2. The van der Waals surface area contributed by atoms with Crippen LogP contribution in [-0.4, -0.2) is 15.9 Å². The van der Waals surface area contributed by atoms with Crippen LogP contribution < -0.4 is 5.32 Å². The summed E-state index contributed by atoms with van der Waals surface area (Å²) in [5.74, 6) is -0.0831. The van der Waals surface area contributed by atoms with E-state index in [2.05, 4.69) is 15.3 Å². The molecule has 0 aliphatic rings. The van der Waals surface area contributed by atoms with Gasteiger partial charge in [0, 0.05) is 24.5 Å². The number of amides is 1. The van der Waals surface area contributed by atoms with Gasteiger partial charge in [0.1, 0.15) is 5.69 Å². The fourth-order valence-corrected chi connectivity index (χ4v) is 1.97. The van der Waals surface area contributed by atoms with Gasteiger partial charge in [0.15, 0.2) is 6.39 Å². The summed E-state index contributed by atoms with van der Waals surface area (Å²) in [5.41, 5.74) is 2.31. The minimum atomic E-state index is -0.296. The summed E-state index contributed by atoms with van der Waals surface area (Å²) in [6, 6.07) is 13.2. The van der Waals surface area contributed by atoms with E-state index in [0.717, 1.165) is 11.1 Å². The molecule has 5 heteroatoms. The van der Waals surface area contributed by atoms with Crippen LogP contribution in [-0.2, 0) is 6.54 Å². The van der Waals surface area contributed by atoms with E-state index in [-0.39, 0.29) is 11.7 Å². The highest BCUT2D eigenvalue weighted by molar-refractivity contribution is 5.97. The maximum Gasteiger partial charge on any atom is 0.289 e. The Morgan fingerprint density at radius 3 is 2.76 bits per heavy atom. The van der Waals surface area contributed by atoms with Crippen LogP contribution in [0, 0.1) is 0 Å². The molecule has 1 aromatic carbocycles. The van der Waals surface area contributed by atoms with Crippen LogP contribution in [0.3, 0.4) is 0 Å². The third-order valence-corrected chi connectivity index (χ3v) is 3.00. The average molecular weight is 279 g/mol. The second kappa shape index (κ2) is 6.00. The lowest BCUT2D eigenvalue weighted by molar-refractivity contribution is 0.0924. The molecule has 0 radical (unpaired) electrons. The van der Waals surface area contributed by atoms with Crippen LogP contribution in [0.25, 0.3) is 11.3 Å². The Morgan fingerprint density at radius 1 is 1.14 bits per heavy atom. The zero-order valence-corrected chi connectivity index (χ0v) is 11.2. The van der Waals surface area contributed by atoms with Crippen LogP contribution in [0.15, 0.2) is 65.7 Å². The zero-order chi connectivity index (χ0) is 14.5. The highest BCUT2D eigenvalue weighted by Gasteiger charge is 2.17. The predicted molar refractivity (Wildman–Crippen MR) is 77.3 cm³/mol. The number of rotatable bonds is 4. The van der Waals surface area contributed by atoms with Gasteiger partial charge in [-0.2, -0.15) is 0 Å². The van der Waals surface area contributed by atoms with Gasteiger partial charge in [0.05, 0.1) is 0 Å². The number of oxazole rings is 1. The van der Waals surface area contributed by atoms with E-state index in [9.17, 15) is 4.79 Å². The molecule has 0 saturated carbocycles. The molecule has 0 spiro atoms. The van der Waals surface area contributed by atoms with Gasteiger partial charge in [-0.15, -0.1) is 0 Å². The second-order valence-corrected chi connectivity index (χ2v) is 4.44. The van der Waals surface area contributed by atoms with Gasteiger partial charge in [-0.3, -0.25) is 9.78 Å². The minimum absolute atomic E-state index is 0.213. The summed E-state index contributed by atoms with van der Waals surface area (Å²) < 4.78 is 5.23. The Morgan fingerprint density at radius 2 is 2.00 bits per heavy atom. The summed E-state index contributed by atoms with van der Waals surface area (Å²) >= 11 is 0. The van der Waals surface area contributed by atoms with Crippen molar-refractivity contribution in [3.8, 4) is 11.3 Å². The van der Waals surface area contributed by atoms with Crippen LogP contribution in [0.2, 0.25) is 0 Å². The van der Waals surface area contributed by atoms with Gasteiger partial charge in [0.25, 0.3) is 5.91 Å². The van der Waals surface area contributed by atoms with E-state index in [0.29, 0.717) is 12.2 Å². The third kappa shape index (κ3) is 2.97. The molecule has 0 aliphatic heterocycles. The molecule has 0 unspecified atom stereocenters. The van der Waals surface area contributed by atoms with Crippen LogP contribution in [0.1, 0.15) is 16.1 Å². The van der Waals surface area contributed by atoms with Gasteiger partial charge < -0.3 is 9.73 Å². The van der Waals surface area contributed by atoms with Crippen LogP contribution in [0.5, 0.6) is 0 Å². The number of hydrogen-bond donors (Lipinski definition) is 1. The molecule has 104 valence electrons. The highest BCUT2D eigenvalue weighted by atomic mass is 16.3. The van der Waals surface area contributed by atoms with Crippen molar-refractivity contribution in [2.24, 2.45) is 0 Å². The molecule has 0 atom stereocenters. The first-order valence-electron chi connectivity index (χ1n) is 6.50. The molecule has 1 amide bonds. The number of hydrogen-bond acceptors (Lipinski definition) is 4. The Hall–Kier alpha value is -2.95. The Kier molecular flexibility index (Phi) is 3.73. The van der Waals surface area contributed by atoms with E-state index in [1.54, 1.807) is 12.4 Å². The van der Waals surface area contributed by atoms with E-state index >= 15 is 0 Å². The number of aromatic nitrogens is 2. The Balaban J connectivity index is 1.76. The summed E-state index contributed by atoms with van der Waals surface area (Å²) in [5, 5.41) is 2.80. The van der Waals surface area contributed by atoms with Gasteiger partial charge in [0.2, 0.25) is 5.76 Å². The van der Waals surface area contributed by atoms with E-state index < -0.39 is 0 Å². The molecular formula is C16H13N3O2. The Labute approximate surface area is 121 Å². The Bertz CT molecular complexity index is 724. The molecule has 2 aromatic heterocycles. The van der Waals surface area contributed by atoms with Crippen molar-refractivity contribution >= 4 is 5.91 Å². The van der Waals surface area contributed by atoms with Crippen molar-refractivity contribution in [1.82, 2.24) is 15.3 Å². The van der Waals surface area contributed by atoms with Crippen molar-refractivity contribution in [2.45, 2.75) is 6.54 Å². The number of carbonyl (C=O) groups excluding carboxylic acids is 1. The lowest BCUT2D eigenvalue weighted by Gasteiger charge is -2.04. The van der Waals surface area contributed by atoms with Crippen molar-refractivity contribution in [2.75, 3.05) is 0 Å². The molecule has 1 N–H and O–H groups in total. The normalized spacial score (nSPS) is 10.3. The first-order chi connectivity index (χ1) is 10.3. The standard InChI is InChI=1S/C16H13N3O2/c20-16(18-10-12-5-4-8-17-9-12)15-14(19-11-21-15)13-6-2-1-3-7-13/h1-9,11H,10H2,(H,18,20). The van der Waals surface area contributed by atoms with Crippen molar-refractivity contribution in [1.29, 1.82) is 0 Å². The molecule has 21 heavy (non-hydrogen) atoms.